The Morgan fingerprint density at radius 1 is 1.15 bits per heavy atom. The number of carboxylic acids is 1. The van der Waals surface area contributed by atoms with Gasteiger partial charge in [-0.25, -0.2) is 13.2 Å². The van der Waals surface area contributed by atoms with Gasteiger partial charge in [0.15, 0.2) is 6.10 Å². The van der Waals surface area contributed by atoms with Crippen molar-refractivity contribution in [2.75, 3.05) is 6.61 Å². The van der Waals surface area contributed by atoms with E-state index in [2.05, 4.69) is 8.37 Å². The molecule has 183 valence electrons. The van der Waals surface area contributed by atoms with Crippen molar-refractivity contribution >= 4 is 122 Å². The molecule has 0 saturated carbocycles. The molecule has 34 heavy (non-hydrogen) atoms. The average Bonchev–Trinajstić information content (AvgIpc) is 2.63. The molecule has 0 saturated heterocycles. The van der Waals surface area contributed by atoms with Gasteiger partial charge in [-0.2, -0.15) is 16.8 Å². The van der Waals surface area contributed by atoms with Crippen molar-refractivity contribution in [2.45, 2.75) is 42.9 Å². The maximum Gasteiger partial charge on any atom is 0.397 e. The van der Waals surface area contributed by atoms with Crippen molar-refractivity contribution in [1.82, 2.24) is 0 Å². The van der Waals surface area contributed by atoms with Gasteiger partial charge < -0.3 is 40.4 Å². The standard InChI is InChI=1S/C12H19NO16S2.3Na/c13-4(2-14)8(17)9(6(16)3-26-30(20,21)22)28-12-10(29-31(23,24)25)5(15)1-7(27-12)11(18)19;;;/h1-2,4-6,8-10,12,15-17H,3,13H2,(H,18,19)(H,20,21,22)(H,23,24,25);;;/t4-,5-,6+,8+,9+,10+,12-;;;/m0.../s1. The SMILES string of the molecule is N[C@@H](C=O)[C@@H](O)[C@H](O[C@@H]1OC(C(=O)O)=C[C@H](O)[C@H]1OS(=O)(=O)O)[C@H](O)COS(=O)(=O)O.[Na].[Na].[Na]. The number of carbonyl (C=O) groups excluding carboxylic acids is 1. The van der Waals surface area contributed by atoms with Gasteiger partial charge in [0.05, 0.1) is 12.6 Å². The fourth-order valence-corrected chi connectivity index (χ4v) is 3.01. The van der Waals surface area contributed by atoms with Crippen LogP contribution in [0.4, 0.5) is 0 Å². The summed E-state index contributed by atoms with van der Waals surface area (Å²) in [6, 6.07) is -1.80. The van der Waals surface area contributed by atoms with E-state index in [0.29, 0.717) is 6.08 Å². The average molecular weight is 566 g/mol. The molecular weight excluding hydrogens is 547 g/mol. The van der Waals surface area contributed by atoms with Gasteiger partial charge in [-0.15, -0.1) is 0 Å². The summed E-state index contributed by atoms with van der Waals surface area (Å²) in [5, 5.41) is 39.1. The van der Waals surface area contributed by atoms with Crippen LogP contribution in [0.5, 0.6) is 0 Å². The molecule has 0 fully saturated rings. The van der Waals surface area contributed by atoms with Crippen molar-refractivity contribution in [1.29, 1.82) is 0 Å². The first-order chi connectivity index (χ1) is 14.1. The second-order valence-electron chi connectivity index (χ2n) is 5.89. The molecule has 0 amide bonds. The van der Waals surface area contributed by atoms with Gasteiger partial charge in [-0.3, -0.25) is 9.11 Å². The van der Waals surface area contributed by atoms with Crippen molar-refractivity contribution in [3.8, 4) is 0 Å². The first kappa shape index (κ1) is 39.7. The fourth-order valence-electron chi connectivity index (χ4n) is 2.22. The van der Waals surface area contributed by atoms with Crippen molar-refractivity contribution < 1.29 is 73.8 Å². The number of aliphatic hydroxyl groups is 3. The summed E-state index contributed by atoms with van der Waals surface area (Å²) in [6.07, 6.45) is -12.8. The van der Waals surface area contributed by atoms with Crippen molar-refractivity contribution in [3.63, 3.8) is 0 Å². The third-order valence-electron chi connectivity index (χ3n) is 3.56. The minimum absolute atomic E-state index is 0. The Morgan fingerprint density at radius 2 is 1.68 bits per heavy atom. The minimum atomic E-state index is -5.29. The van der Waals surface area contributed by atoms with Crippen LogP contribution in [-0.4, -0.2) is 197 Å². The van der Waals surface area contributed by atoms with E-state index in [9.17, 15) is 41.7 Å². The smallest absolute Gasteiger partial charge is 0.397 e. The molecular formula is C12H19NNa3O16S2. The summed E-state index contributed by atoms with van der Waals surface area (Å²) in [5.74, 6) is -2.79. The normalized spacial score (nSPS) is 23.8. The topological polar surface area (TPSA) is 287 Å². The number of nitrogens with two attached hydrogens (primary N) is 1. The Labute approximate surface area is 259 Å². The van der Waals surface area contributed by atoms with Crippen LogP contribution in [0.3, 0.4) is 0 Å². The van der Waals surface area contributed by atoms with Crippen LogP contribution in [0.25, 0.3) is 0 Å². The monoisotopic (exact) mass is 566 g/mol. The van der Waals surface area contributed by atoms with Crippen LogP contribution < -0.4 is 5.73 Å². The molecule has 8 N–H and O–H groups in total. The van der Waals surface area contributed by atoms with E-state index < -0.39 is 82.0 Å². The first-order valence-corrected chi connectivity index (χ1v) is 10.6. The minimum Gasteiger partial charge on any atom is -0.475 e. The molecule has 0 aromatic carbocycles. The summed E-state index contributed by atoms with van der Waals surface area (Å²) >= 11 is 0. The van der Waals surface area contributed by atoms with Gasteiger partial charge in [0.25, 0.3) is 0 Å². The van der Waals surface area contributed by atoms with Crippen LogP contribution in [0.15, 0.2) is 11.8 Å². The molecule has 0 aromatic rings. The number of rotatable bonds is 12. The molecule has 1 aliphatic rings. The summed E-state index contributed by atoms with van der Waals surface area (Å²) in [6.45, 7) is -1.30. The Balaban J connectivity index is -0.00000320. The number of aldehydes is 1. The molecule has 7 atom stereocenters. The summed E-state index contributed by atoms with van der Waals surface area (Å²) in [7, 11) is -10.4. The molecule has 1 rings (SSSR count). The van der Waals surface area contributed by atoms with Crippen molar-refractivity contribution in [3.05, 3.63) is 11.8 Å². The summed E-state index contributed by atoms with van der Waals surface area (Å²) < 4.78 is 78.7. The van der Waals surface area contributed by atoms with E-state index in [1.54, 1.807) is 0 Å². The molecule has 0 aromatic heterocycles. The fraction of sp³-hybridized carbons (Fsp3) is 0.667. The van der Waals surface area contributed by atoms with Gasteiger partial charge in [0, 0.05) is 88.7 Å². The van der Waals surface area contributed by atoms with E-state index >= 15 is 0 Å². The van der Waals surface area contributed by atoms with E-state index in [4.69, 9.17) is 29.4 Å². The van der Waals surface area contributed by atoms with Crippen LogP contribution in [-0.2, 0) is 48.2 Å². The molecule has 0 bridgehead atoms. The van der Waals surface area contributed by atoms with Gasteiger partial charge in [0.2, 0.25) is 12.0 Å². The zero-order chi connectivity index (χ0) is 24.1. The Bertz CT molecular complexity index is 899. The number of carboxylic acid groups (broad SMARTS) is 1. The van der Waals surface area contributed by atoms with Crippen molar-refractivity contribution in [2.24, 2.45) is 5.73 Å². The summed E-state index contributed by atoms with van der Waals surface area (Å²) in [5.41, 5.74) is 5.30. The largest absolute Gasteiger partial charge is 0.475 e. The molecule has 22 heteroatoms. The van der Waals surface area contributed by atoms with E-state index in [0.717, 1.165) is 0 Å². The zero-order valence-electron chi connectivity index (χ0n) is 18.1. The Kier molecular flexibility index (Phi) is 19.8. The van der Waals surface area contributed by atoms with Gasteiger partial charge in [-0.05, 0) is 6.08 Å². The molecule has 1 aliphatic heterocycles. The number of carbonyl (C=O) groups is 2. The maximum absolute atomic E-state index is 11.1. The quantitative estimate of drug-likeness (QED) is 0.0657. The Morgan fingerprint density at radius 3 is 2.09 bits per heavy atom. The summed E-state index contributed by atoms with van der Waals surface area (Å²) in [4.78, 5) is 22.0. The molecule has 0 unspecified atom stereocenters. The van der Waals surface area contributed by atoms with Crippen LogP contribution in [0.2, 0.25) is 0 Å². The van der Waals surface area contributed by atoms with E-state index in [-0.39, 0.29) is 95.0 Å². The molecule has 1 heterocycles. The number of hydrogen-bond donors (Lipinski definition) is 7. The molecule has 0 aliphatic carbocycles. The second kappa shape index (κ2) is 16.9. The Hall–Kier alpha value is 1.22. The van der Waals surface area contributed by atoms with Gasteiger partial charge >= 0.3 is 26.8 Å². The third-order valence-corrected chi connectivity index (χ3v) is 4.46. The number of aliphatic hydroxyl groups excluding tert-OH is 3. The zero-order valence-corrected chi connectivity index (χ0v) is 25.7. The van der Waals surface area contributed by atoms with E-state index in [1.807, 2.05) is 0 Å². The second-order valence-corrected chi connectivity index (χ2v) is 8.02. The van der Waals surface area contributed by atoms with Crippen LogP contribution in [0.1, 0.15) is 0 Å². The first-order valence-electron chi connectivity index (χ1n) is 7.85. The number of hydrogen-bond acceptors (Lipinski definition) is 14. The molecule has 0 spiro atoms. The predicted molar refractivity (Wildman–Crippen MR) is 109 cm³/mol. The maximum atomic E-state index is 11.1. The molecule has 17 nitrogen and oxygen atoms in total. The number of aliphatic carboxylic acids is 1. The van der Waals surface area contributed by atoms with Crippen LogP contribution in [0, 0.1) is 0 Å². The van der Waals surface area contributed by atoms with Gasteiger partial charge in [-0.1, -0.05) is 0 Å². The van der Waals surface area contributed by atoms with E-state index in [1.165, 1.54) is 0 Å². The third kappa shape index (κ3) is 13.7. The number of ether oxygens (including phenoxy) is 2. The molecule has 3 radical (unpaired) electrons. The predicted octanol–water partition coefficient (Wildman–Crippen LogP) is -5.83. The van der Waals surface area contributed by atoms with Gasteiger partial charge in [0.1, 0.15) is 30.7 Å². The van der Waals surface area contributed by atoms with Crippen LogP contribution >= 0.6 is 0 Å².